The van der Waals surface area contributed by atoms with Crippen LogP contribution in [0.3, 0.4) is 0 Å². The zero-order chi connectivity index (χ0) is 7.84. The zero-order valence-electron chi connectivity index (χ0n) is 6.23. The summed E-state index contributed by atoms with van der Waals surface area (Å²) >= 11 is 0. The van der Waals surface area contributed by atoms with Gasteiger partial charge in [0.1, 0.15) is 0 Å². The predicted octanol–water partition coefficient (Wildman–Crippen LogP) is 0.380. The Hall–Kier alpha value is -0.380. The van der Waals surface area contributed by atoms with E-state index in [2.05, 4.69) is 0 Å². The number of rotatable bonds is 0. The molecular weight excluding hydrogens is 144 g/mol. The van der Waals surface area contributed by atoms with Crippen LogP contribution >= 0.6 is 0 Å². The minimum atomic E-state index is -0.852. The Morgan fingerprint density at radius 2 is 2.27 bits per heavy atom. The molecule has 0 aromatic carbocycles. The first-order valence-electron chi connectivity index (χ1n) is 4.00. The average molecular weight is 156 g/mol. The Bertz CT molecular complexity index is 188. The van der Waals surface area contributed by atoms with Crippen LogP contribution < -0.4 is 0 Å². The van der Waals surface area contributed by atoms with Crippen molar-refractivity contribution >= 4 is 0 Å². The van der Waals surface area contributed by atoms with Crippen LogP contribution in [0.5, 0.6) is 0 Å². The quantitative estimate of drug-likeness (QED) is 0.498. The van der Waals surface area contributed by atoms with Crippen molar-refractivity contribution in [2.45, 2.75) is 31.8 Å². The molecule has 1 aliphatic heterocycles. The van der Waals surface area contributed by atoms with E-state index in [1.807, 2.05) is 6.08 Å². The fourth-order valence-electron chi connectivity index (χ4n) is 1.82. The molecule has 1 aliphatic carbocycles. The van der Waals surface area contributed by atoms with Gasteiger partial charge in [0.15, 0.2) is 12.6 Å². The summed E-state index contributed by atoms with van der Waals surface area (Å²) in [6.45, 7) is 0. The van der Waals surface area contributed by atoms with E-state index in [1.54, 1.807) is 0 Å². The van der Waals surface area contributed by atoms with Crippen LogP contribution in [0.4, 0.5) is 0 Å². The van der Waals surface area contributed by atoms with Gasteiger partial charge in [-0.25, -0.2) is 0 Å². The van der Waals surface area contributed by atoms with Crippen molar-refractivity contribution in [2.75, 3.05) is 0 Å². The zero-order valence-corrected chi connectivity index (χ0v) is 6.23. The molecule has 2 N–H and O–H groups in total. The van der Waals surface area contributed by atoms with E-state index in [1.165, 1.54) is 0 Å². The third kappa shape index (κ3) is 1.09. The summed E-state index contributed by atoms with van der Waals surface area (Å²) in [5.41, 5.74) is 0.878. The van der Waals surface area contributed by atoms with Crippen LogP contribution in [0.2, 0.25) is 0 Å². The molecule has 0 aromatic heterocycles. The minimum Gasteiger partial charge on any atom is -0.367 e. The molecule has 0 amide bonds. The first kappa shape index (κ1) is 7.28. The summed E-state index contributed by atoms with van der Waals surface area (Å²) in [5, 5.41) is 18.5. The third-order valence-electron chi connectivity index (χ3n) is 2.43. The van der Waals surface area contributed by atoms with Crippen molar-refractivity contribution in [3.8, 4) is 0 Å². The van der Waals surface area contributed by atoms with E-state index in [0.717, 1.165) is 24.8 Å². The first-order chi connectivity index (χ1) is 5.29. The maximum absolute atomic E-state index is 9.27. The van der Waals surface area contributed by atoms with Gasteiger partial charge in [0.2, 0.25) is 0 Å². The summed E-state index contributed by atoms with van der Waals surface area (Å²) in [6, 6.07) is 0. The molecule has 1 fully saturated rings. The van der Waals surface area contributed by atoms with E-state index in [9.17, 15) is 10.2 Å². The summed E-state index contributed by atoms with van der Waals surface area (Å²) < 4.78 is 4.85. The highest BCUT2D eigenvalue weighted by Gasteiger charge is 2.38. The van der Waals surface area contributed by atoms with E-state index >= 15 is 0 Å². The molecule has 0 aromatic rings. The van der Waals surface area contributed by atoms with Crippen LogP contribution in [0.25, 0.3) is 0 Å². The van der Waals surface area contributed by atoms with Crippen molar-refractivity contribution in [3.05, 3.63) is 11.6 Å². The number of aliphatic hydroxyl groups is 2. The maximum atomic E-state index is 9.27. The average Bonchev–Trinajstić information content (AvgIpc) is 2.30. The summed E-state index contributed by atoms with van der Waals surface area (Å²) in [7, 11) is 0. The first-order valence-corrected chi connectivity index (χ1v) is 4.00. The Kier molecular flexibility index (Phi) is 1.71. The number of aliphatic hydroxyl groups excluding tert-OH is 2. The largest absolute Gasteiger partial charge is 0.367 e. The molecule has 1 heterocycles. The number of fused-ring (bicyclic) bond motifs is 1. The van der Waals surface area contributed by atoms with Gasteiger partial charge in [-0.2, -0.15) is 0 Å². The monoisotopic (exact) mass is 156 g/mol. The SMILES string of the molecule is OC1OC(O)C2CCCC=C12. The Balaban J connectivity index is 2.22. The van der Waals surface area contributed by atoms with Crippen LogP contribution in [-0.2, 0) is 4.74 Å². The minimum absolute atomic E-state index is 0.0544. The fraction of sp³-hybridized carbons (Fsp3) is 0.750. The lowest BCUT2D eigenvalue weighted by atomic mass is 9.89. The van der Waals surface area contributed by atoms with Gasteiger partial charge in [0, 0.05) is 5.92 Å². The van der Waals surface area contributed by atoms with Crippen molar-refractivity contribution < 1.29 is 14.9 Å². The molecule has 0 saturated carbocycles. The Labute approximate surface area is 65.3 Å². The molecule has 3 atom stereocenters. The molecular formula is C8H12O3. The molecule has 3 heteroatoms. The second-order valence-electron chi connectivity index (χ2n) is 3.12. The van der Waals surface area contributed by atoms with Gasteiger partial charge in [0.05, 0.1) is 0 Å². The summed E-state index contributed by atoms with van der Waals surface area (Å²) in [4.78, 5) is 0. The number of allylic oxidation sites excluding steroid dienone is 1. The lowest BCUT2D eigenvalue weighted by Gasteiger charge is -2.17. The second-order valence-corrected chi connectivity index (χ2v) is 3.12. The smallest absolute Gasteiger partial charge is 0.180 e. The molecule has 1 saturated heterocycles. The van der Waals surface area contributed by atoms with Gasteiger partial charge in [0.25, 0.3) is 0 Å². The van der Waals surface area contributed by atoms with E-state index in [4.69, 9.17) is 4.74 Å². The normalized spacial score (nSPS) is 43.5. The standard InChI is InChI=1S/C8H12O3/c9-7-5-3-1-2-4-6(5)8(10)11-7/h3,6-10H,1-2,4H2. The summed E-state index contributed by atoms with van der Waals surface area (Å²) in [6.07, 6.45) is 3.37. The van der Waals surface area contributed by atoms with Gasteiger partial charge in [-0.3, -0.25) is 0 Å². The number of hydrogen-bond donors (Lipinski definition) is 2. The van der Waals surface area contributed by atoms with Crippen molar-refractivity contribution in [3.63, 3.8) is 0 Å². The predicted molar refractivity (Wildman–Crippen MR) is 38.5 cm³/mol. The van der Waals surface area contributed by atoms with Gasteiger partial charge >= 0.3 is 0 Å². The third-order valence-corrected chi connectivity index (χ3v) is 2.43. The van der Waals surface area contributed by atoms with Gasteiger partial charge in [-0.15, -0.1) is 0 Å². The van der Waals surface area contributed by atoms with Crippen LogP contribution in [0.1, 0.15) is 19.3 Å². The lowest BCUT2D eigenvalue weighted by Crippen LogP contribution is -2.17. The van der Waals surface area contributed by atoms with Crippen molar-refractivity contribution in [1.29, 1.82) is 0 Å². The van der Waals surface area contributed by atoms with Crippen molar-refractivity contribution in [1.82, 2.24) is 0 Å². The van der Waals surface area contributed by atoms with E-state index in [0.29, 0.717) is 0 Å². The number of hydrogen-bond acceptors (Lipinski definition) is 3. The molecule has 3 unspecified atom stereocenters. The Morgan fingerprint density at radius 1 is 1.45 bits per heavy atom. The Morgan fingerprint density at radius 3 is 3.00 bits per heavy atom. The molecule has 0 spiro atoms. The molecule has 0 bridgehead atoms. The highest BCUT2D eigenvalue weighted by Crippen LogP contribution is 2.36. The molecule has 3 nitrogen and oxygen atoms in total. The van der Waals surface area contributed by atoms with Crippen LogP contribution in [-0.4, -0.2) is 22.8 Å². The second kappa shape index (κ2) is 2.59. The molecule has 62 valence electrons. The molecule has 2 aliphatic rings. The fourth-order valence-corrected chi connectivity index (χ4v) is 1.82. The highest BCUT2D eigenvalue weighted by molar-refractivity contribution is 5.16. The maximum Gasteiger partial charge on any atom is 0.180 e. The molecule has 2 rings (SSSR count). The van der Waals surface area contributed by atoms with Crippen LogP contribution in [0, 0.1) is 5.92 Å². The van der Waals surface area contributed by atoms with Crippen molar-refractivity contribution in [2.24, 2.45) is 5.92 Å². The van der Waals surface area contributed by atoms with Gasteiger partial charge in [-0.1, -0.05) is 6.08 Å². The molecule has 0 radical (unpaired) electrons. The van der Waals surface area contributed by atoms with Gasteiger partial charge in [-0.05, 0) is 24.8 Å². The van der Waals surface area contributed by atoms with E-state index in [-0.39, 0.29) is 5.92 Å². The summed E-state index contributed by atoms with van der Waals surface area (Å²) in [5.74, 6) is 0.0544. The topological polar surface area (TPSA) is 49.7 Å². The van der Waals surface area contributed by atoms with E-state index < -0.39 is 12.6 Å². The van der Waals surface area contributed by atoms with Gasteiger partial charge < -0.3 is 14.9 Å². The van der Waals surface area contributed by atoms with Crippen LogP contribution in [0.15, 0.2) is 11.6 Å². The highest BCUT2D eigenvalue weighted by atomic mass is 16.7. The molecule has 11 heavy (non-hydrogen) atoms. The lowest BCUT2D eigenvalue weighted by molar-refractivity contribution is -0.164. The number of ether oxygens (including phenoxy) is 1.